The molecule has 0 amide bonds. The zero-order valence-electron chi connectivity index (χ0n) is 20.8. The predicted octanol–water partition coefficient (Wildman–Crippen LogP) is 7.16. The minimum atomic E-state index is -3.03. The third kappa shape index (κ3) is 8.21. The SMILES string of the molecule is C=C/C(C/C(=C/C=C\C)C(=C)C(C)(F)F)=N\c1nc(NCC(C)(C)Cc2cccnc2)[nH]c1C. The molecule has 2 heterocycles. The van der Waals surface area contributed by atoms with E-state index in [9.17, 15) is 8.78 Å². The van der Waals surface area contributed by atoms with Gasteiger partial charge in [0.05, 0.1) is 5.69 Å². The van der Waals surface area contributed by atoms with Crippen LogP contribution in [0, 0.1) is 12.3 Å². The van der Waals surface area contributed by atoms with E-state index < -0.39 is 5.92 Å². The number of imidazole rings is 1. The van der Waals surface area contributed by atoms with Crippen molar-refractivity contribution in [3.05, 3.63) is 84.4 Å². The third-order valence-electron chi connectivity index (χ3n) is 5.26. The molecule has 2 rings (SSSR count). The van der Waals surface area contributed by atoms with Crippen LogP contribution in [0.25, 0.3) is 0 Å². The van der Waals surface area contributed by atoms with Crippen LogP contribution < -0.4 is 5.32 Å². The second-order valence-electron chi connectivity index (χ2n) is 9.16. The summed E-state index contributed by atoms with van der Waals surface area (Å²) in [4.78, 5) is 16.5. The minimum absolute atomic E-state index is 0.0301. The Kier molecular flexibility index (Phi) is 9.24. The molecule has 0 aliphatic heterocycles. The maximum Gasteiger partial charge on any atom is 0.270 e. The molecule has 0 atom stereocenters. The van der Waals surface area contributed by atoms with Crippen LogP contribution in [0.3, 0.4) is 0 Å². The monoisotopic (exact) mass is 467 g/mol. The summed E-state index contributed by atoms with van der Waals surface area (Å²) in [5.41, 5.74) is 2.60. The molecule has 2 aromatic heterocycles. The van der Waals surface area contributed by atoms with Gasteiger partial charge in [-0.15, -0.1) is 0 Å². The van der Waals surface area contributed by atoms with Crippen molar-refractivity contribution in [3.8, 4) is 0 Å². The Morgan fingerprint density at radius 2 is 2.03 bits per heavy atom. The first-order valence-electron chi connectivity index (χ1n) is 11.2. The zero-order chi connectivity index (χ0) is 25.4. The van der Waals surface area contributed by atoms with Crippen molar-refractivity contribution in [1.29, 1.82) is 0 Å². The minimum Gasteiger partial charge on any atom is -0.355 e. The van der Waals surface area contributed by atoms with Gasteiger partial charge >= 0.3 is 0 Å². The summed E-state index contributed by atoms with van der Waals surface area (Å²) in [5, 5.41) is 3.35. The molecule has 5 nitrogen and oxygen atoms in total. The van der Waals surface area contributed by atoms with Crippen molar-refractivity contribution in [1.82, 2.24) is 15.0 Å². The number of halogens is 2. The molecule has 182 valence electrons. The van der Waals surface area contributed by atoms with Crippen molar-refractivity contribution >= 4 is 17.5 Å². The average molecular weight is 468 g/mol. The average Bonchev–Trinajstić information content (AvgIpc) is 3.13. The van der Waals surface area contributed by atoms with E-state index >= 15 is 0 Å². The van der Waals surface area contributed by atoms with Gasteiger partial charge in [0.15, 0.2) is 5.82 Å². The lowest BCUT2D eigenvalue weighted by molar-refractivity contribution is 0.0663. The summed E-state index contributed by atoms with van der Waals surface area (Å²) in [6, 6.07) is 4.00. The smallest absolute Gasteiger partial charge is 0.270 e. The maximum absolute atomic E-state index is 13.9. The van der Waals surface area contributed by atoms with Gasteiger partial charge in [-0.05, 0) is 49.0 Å². The third-order valence-corrected chi connectivity index (χ3v) is 5.26. The van der Waals surface area contributed by atoms with E-state index in [1.807, 2.05) is 26.1 Å². The number of H-pyrrole nitrogens is 1. The van der Waals surface area contributed by atoms with E-state index in [-0.39, 0.29) is 17.4 Å². The first-order valence-corrected chi connectivity index (χ1v) is 11.2. The number of aryl methyl sites for hydroxylation is 1. The van der Waals surface area contributed by atoms with Crippen LogP contribution >= 0.6 is 0 Å². The highest BCUT2D eigenvalue weighted by Gasteiger charge is 2.28. The zero-order valence-corrected chi connectivity index (χ0v) is 20.8. The Morgan fingerprint density at radius 3 is 2.62 bits per heavy atom. The standard InChI is InChI=1S/C27H35F2N5/c1-8-10-13-22(19(3)27(7,28)29)15-23(9-2)33-24-20(4)32-25(34-24)31-18-26(5,6)16-21-12-11-14-30-17-21/h8-14,17H,2-3,15-16,18H2,1,4-7H3,(H2,31,32,34)/b10-8-,22-13-,33-23+. The number of anilines is 1. The van der Waals surface area contributed by atoms with Crippen LogP contribution in [-0.2, 0) is 6.42 Å². The summed E-state index contributed by atoms with van der Waals surface area (Å²) in [6.45, 7) is 17.0. The maximum atomic E-state index is 13.9. The fraction of sp³-hybridized carbons (Fsp3) is 0.370. The second kappa shape index (κ2) is 11.7. The summed E-state index contributed by atoms with van der Waals surface area (Å²) in [7, 11) is 0. The molecule has 34 heavy (non-hydrogen) atoms. The van der Waals surface area contributed by atoms with E-state index in [0.29, 0.717) is 29.6 Å². The van der Waals surface area contributed by atoms with Crippen LogP contribution in [0.5, 0.6) is 0 Å². The second-order valence-corrected chi connectivity index (χ2v) is 9.16. The molecule has 0 aromatic carbocycles. The molecule has 0 spiro atoms. The number of allylic oxidation sites excluding steroid dienone is 6. The number of pyridine rings is 1. The quantitative estimate of drug-likeness (QED) is 0.257. The van der Waals surface area contributed by atoms with Gasteiger partial charge in [-0.3, -0.25) is 4.98 Å². The van der Waals surface area contributed by atoms with Crippen molar-refractivity contribution in [3.63, 3.8) is 0 Å². The molecule has 0 aliphatic rings. The van der Waals surface area contributed by atoms with E-state index in [1.54, 1.807) is 30.5 Å². The molecular formula is C27H35F2N5. The number of nitrogens with zero attached hydrogens (tertiary/aromatic N) is 3. The van der Waals surface area contributed by atoms with Gasteiger partial charge in [-0.2, -0.15) is 4.98 Å². The summed E-state index contributed by atoms with van der Waals surface area (Å²) in [6.07, 6.45) is 11.4. The number of hydrogen-bond donors (Lipinski definition) is 2. The van der Waals surface area contributed by atoms with Gasteiger partial charge in [0.1, 0.15) is 0 Å². The number of hydrogen-bond acceptors (Lipinski definition) is 4. The van der Waals surface area contributed by atoms with Crippen molar-refractivity contribution < 1.29 is 8.78 Å². The van der Waals surface area contributed by atoms with Gasteiger partial charge in [-0.25, -0.2) is 13.8 Å². The van der Waals surface area contributed by atoms with Crippen LogP contribution in [0.15, 0.2) is 78.1 Å². The Hall–Kier alpha value is -3.35. The number of aliphatic imine (C=N–C) groups is 1. The van der Waals surface area contributed by atoms with Gasteiger partial charge in [-0.1, -0.05) is 51.3 Å². The van der Waals surface area contributed by atoms with Crippen molar-refractivity contribution in [2.45, 2.75) is 53.4 Å². The number of rotatable bonds is 12. The predicted molar refractivity (Wildman–Crippen MR) is 138 cm³/mol. The molecular weight excluding hydrogens is 432 g/mol. The molecule has 0 aliphatic carbocycles. The normalized spacial score (nSPS) is 13.4. The van der Waals surface area contributed by atoms with Crippen molar-refractivity contribution in [2.75, 3.05) is 11.9 Å². The number of aromatic amines is 1. The Morgan fingerprint density at radius 1 is 1.29 bits per heavy atom. The molecule has 0 unspecified atom stereocenters. The molecule has 0 saturated heterocycles. The topological polar surface area (TPSA) is 66.0 Å². The Balaban J connectivity index is 2.16. The highest BCUT2D eigenvalue weighted by atomic mass is 19.3. The molecule has 0 radical (unpaired) electrons. The number of alkyl halides is 2. The molecule has 7 heteroatoms. The fourth-order valence-corrected chi connectivity index (χ4v) is 3.33. The van der Waals surface area contributed by atoms with Crippen LogP contribution in [0.2, 0.25) is 0 Å². The lowest BCUT2D eigenvalue weighted by atomic mass is 9.86. The van der Waals surface area contributed by atoms with Crippen LogP contribution in [-0.4, -0.2) is 33.1 Å². The van der Waals surface area contributed by atoms with Gasteiger partial charge in [0.2, 0.25) is 5.95 Å². The van der Waals surface area contributed by atoms with Gasteiger partial charge < -0.3 is 10.3 Å². The molecule has 2 aromatic rings. The lowest BCUT2D eigenvalue weighted by Crippen LogP contribution is -2.26. The summed E-state index contributed by atoms with van der Waals surface area (Å²) in [5.74, 6) is -1.93. The highest BCUT2D eigenvalue weighted by Crippen LogP contribution is 2.31. The molecule has 0 saturated carbocycles. The molecule has 0 bridgehead atoms. The first-order chi connectivity index (χ1) is 15.9. The lowest BCUT2D eigenvalue weighted by Gasteiger charge is -2.24. The number of aromatic nitrogens is 3. The Bertz CT molecular complexity index is 1070. The van der Waals surface area contributed by atoms with Gasteiger partial charge in [0, 0.05) is 43.6 Å². The van der Waals surface area contributed by atoms with Crippen LogP contribution in [0.1, 0.15) is 45.4 Å². The fourth-order valence-electron chi connectivity index (χ4n) is 3.33. The van der Waals surface area contributed by atoms with E-state index in [1.165, 1.54) is 5.56 Å². The largest absolute Gasteiger partial charge is 0.355 e. The van der Waals surface area contributed by atoms with Crippen LogP contribution in [0.4, 0.5) is 20.5 Å². The van der Waals surface area contributed by atoms with E-state index in [0.717, 1.165) is 19.0 Å². The Labute approximate surface area is 201 Å². The van der Waals surface area contributed by atoms with E-state index in [4.69, 9.17) is 0 Å². The molecule has 0 fully saturated rings. The highest BCUT2D eigenvalue weighted by molar-refractivity contribution is 5.98. The summed E-state index contributed by atoms with van der Waals surface area (Å²) >= 11 is 0. The first kappa shape index (κ1) is 26.9. The summed E-state index contributed by atoms with van der Waals surface area (Å²) < 4.78 is 27.8. The molecule has 2 N–H and O–H groups in total. The van der Waals surface area contributed by atoms with E-state index in [2.05, 4.69) is 58.3 Å². The van der Waals surface area contributed by atoms with Gasteiger partial charge in [0.25, 0.3) is 5.92 Å². The number of nitrogens with one attached hydrogen (secondary N) is 2. The van der Waals surface area contributed by atoms with Crippen molar-refractivity contribution in [2.24, 2.45) is 10.4 Å².